The maximum atomic E-state index is 14.1. The van der Waals surface area contributed by atoms with Gasteiger partial charge in [-0.25, -0.2) is 35.0 Å². The van der Waals surface area contributed by atoms with Crippen LogP contribution in [0.25, 0.3) is 0 Å². The molecule has 0 radical (unpaired) electrons. The summed E-state index contributed by atoms with van der Waals surface area (Å²) in [5.41, 5.74) is 0.955. The summed E-state index contributed by atoms with van der Waals surface area (Å²) in [6.07, 6.45) is -1.77. The van der Waals surface area contributed by atoms with Crippen LogP contribution in [0.2, 0.25) is 0 Å². The highest BCUT2D eigenvalue weighted by Gasteiger charge is 2.40. The third-order valence-corrected chi connectivity index (χ3v) is 13.3. The number of carbonyl (C=O) groups excluding carboxylic acids is 1. The number of amidine groups is 1. The van der Waals surface area contributed by atoms with Crippen molar-refractivity contribution in [3.05, 3.63) is 127 Å². The zero-order valence-corrected chi connectivity index (χ0v) is 31.5. The Morgan fingerprint density at radius 1 is 0.796 bits per heavy atom. The van der Waals surface area contributed by atoms with E-state index in [2.05, 4.69) is 15.0 Å². The fourth-order valence-electron chi connectivity index (χ4n) is 5.37. The van der Waals surface area contributed by atoms with E-state index in [1.165, 1.54) is 94.0 Å². The maximum Gasteiger partial charge on any atom is 0.273 e. The van der Waals surface area contributed by atoms with Crippen molar-refractivity contribution in [2.75, 3.05) is 26.5 Å². The van der Waals surface area contributed by atoms with Crippen LogP contribution in [-0.4, -0.2) is 68.6 Å². The van der Waals surface area contributed by atoms with Gasteiger partial charge in [-0.1, -0.05) is 42.5 Å². The lowest BCUT2D eigenvalue weighted by Gasteiger charge is -2.30. The summed E-state index contributed by atoms with van der Waals surface area (Å²) in [7, 11) is -8.37. The predicted molar refractivity (Wildman–Crippen MR) is 200 cm³/mol. The second-order valence-corrected chi connectivity index (χ2v) is 17.5. The SMILES string of the molecule is CNS(=O)(=O)c1ccc(OC)c(NC(=O)C(Oc2ccc(S(=O)(=O)c3ccc(OCc4ccccc4)cc3)cc2)C2=Nc3ccccc3S(=O)(=O)N2C)c1. The number of nitrogens with one attached hydrogen (secondary N) is 2. The summed E-state index contributed by atoms with van der Waals surface area (Å²) in [4.78, 5) is 18.2. The van der Waals surface area contributed by atoms with Crippen LogP contribution in [-0.2, 0) is 41.3 Å². The van der Waals surface area contributed by atoms with Gasteiger partial charge in [-0.2, -0.15) is 0 Å². The second-order valence-electron chi connectivity index (χ2n) is 11.7. The average Bonchev–Trinajstić information content (AvgIpc) is 3.18. The quantitative estimate of drug-likeness (QED) is 0.168. The Balaban J connectivity index is 1.30. The Bertz CT molecular complexity index is 2550. The fourth-order valence-corrected chi connectivity index (χ4v) is 8.70. The van der Waals surface area contributed by atoms with Crippen LogP contribution in [0, 0.1) is 0 Å². The second kappa shape index (κ2) is 15.3. The summed E-state index contributed by atoms with van der Waals surface area (Å²) in [6.45, 7) is 0.312. The van der Waals surface area contributed by atoms with Crippen LogP contribution >= 0.6 is 0 Å². The number of benzene rings is 5. The molecule has 2 N–H and O–H groups in total. The molecule has 1 heterocycles. The minimum Gasteiger partial charge on any atom is -0.495 e. The number of anilines is 1. The van der Waals surface area contributed by atoms with Crippen molar-refractivity contribution in [2.24, 2.45) is 4.99 Å². The molecule has 6 rings (SSSR count). The number of nitrogens with zero attached hydrogens (tertiary/aromatic N) is 2. The predicted octanol–water partition coefficient (Wildman–Crippen LogP) is 4.77. The number of amides is 1. The van der Waals surface area contributed by atoms with Gasteiger partial charge in [0.05, 0.1) is 33.2 Å². The largest absolute Gasteiger partial charge is 0.495 e. The van der Waals surface area contributed by atoms with Crippen LogP contribution in [0.3, 0.4) is 0 Å². The molecule has 5 aromatic carbocycles. The van der Waals surface area contributed by atoms with Crippen molar-refractivity contribution in [1.82, 2.24) is 9.03 Å². The molecule has 0 aliphatic carbocycles. The van der Waals surface area contributed by atoms with E-state index in [1.807, 2.05) is 30.3 Å². The van der Waals surface area contributed by atoms with E-state index in [1.54, 1.807) is 18.2 Å². The highest BCUT2D eigenvalue weighted by molar-refractivity contribution is 7.91. The number of rotatable bonds is 13. The standard InChI is InChI=1S/C37H34N4O10S3/c1-38-53(45,46)30-21-22-33(49-3)32(23-30)40-37(42)35(36-39-31-11-7-8-12-34(31)54(47,48)41(36)2)51-27-15-19-29(20-16-27)52(43,44)28-17-13-26(14-18-28)50-24-25-9-5-4-6-10-25/h4-23,35,38H,24H2,1-3H3,(H,40,42). The van der Waals surface area contributed by atoms with Gasteiger partial charge in [-0.3, -0.25) is 9.10 Å². The molecule has 5 aromatic rings. The zero-order chi connectivity index (χ0) is 38.7. The molecule has 0 fully saturated rings. The number of fused-ring (bicyclic) bond motifs is 1. The third kappa shape index (κ3) is 7.79. The molecule has 0 saturated carbocycles. The van der Waals surface area contributed by atoms with Crippen LogP contribution < -0.4 is 24.2 Å². The molecule has 14 nitrogen and oxygen atoms in total. The number of aliphatic imine (C=N–C) groups is 1. The summed E-state index contributed by atoms with van der Waals surface area (Å²) >= 11 is 0. The normalized spacial score (nSPS) is 14.3. The van der Waals surface area contributed by atoms with Gasteiger partial charge < -0.3 is 19.5 Å². The molecule has 17 heteroatoms. The lowest BCUT2D eigenvalue weighted by molar-refractivity contribution is -0.120. The number of likely N-dealkylation sites (N-methyl/N-ethyl adjacent to an activating group) is 1. The molecule has 0 bridgehead atoms. The van der Waals surface area contributed by atoms with E-state index in [-0.39, 0.29) is 48.3 Å². The summed E-state index contributed by atoms with van der Waals surface area (Å²) in [5.74, 6) is -0.697. The van der Waals surface area contributed by atoms with Crippen molar-refractivity contribution < 1.29 is 44.3 Å². The number of sulfone groups is 1. The molecular formula is C37H34N4O10S3. The van der Waals surface area contributed by atoms with Crippen LogP contribution in [0.15, 0.2) is 146 Å². The van der Waals surface area contributed by atoms with Crippen molar-refractivity contribution in [2.45, 2.75) is 32.3 Å². The maximum absolute atomic E-state index is 14.1. The van der Waals surface area contributed by atoms with Gasteiger partial charge in [0, 0.05) is 7.05 Å². The minimum atomic E-state index is -4.19. The van der Waals surface area contributed by atoms with Crippen LogP contribution in [0.4, 0.5) is 11.4 Å². The Hall–Kier alpha value is -5.75. The molecule has 0 saturated heterocycles. The van der Waals surface area contributed by atoms with Gasteiger partial charge in [0.15, 0.2) is 5.84 Å². The lowest BCUT2D eigenvalue weighted by Crippen LogP contribution is -2.50. The van der Waals surface area contributed by atoms with E-state index in [0.717, 1.165) is 9.87 Å². The fraction of sp³-hybridized carbons (Fsp3) is 0.135. The third-order valence-electron chi connectivity index (χ3n) is 8.31. The van der Waals surface area contributed by atoms with E-state index >= 15 is 0 Å². The van der Waals surface area contributed by atoms with E-state index in [4.69, 9.17) is 14.2 Å². The highest BCUT2D eigenvalue weighted by Crippen LogP contribution is 2.34. The van der Waals surface area contributed by atoms with E-state index in [0.29, 0.717) is 12.4 Å². The van der Waals surface area contributed by atoms with Crippen LogP contribution in [0.5, 0.6) is 17.2 Å². The van der Waals surface area contributed by atoms with Crippen molar-refractivity contribution in [3.8, 4) is 17.2 Å². The first-order valence-corrected chi connectivity index (χ1v) is 20.5. The summed E-state index contributed by atoms with van der Waals surface area (Å²) in [6, 6.07) is 30.4. The Labute approximate surface area is 313 Å². The van der Waals surface area contributed by atoms with Gasteiger partial charge in [0.25, 0.3) is 15.9 Å². The lowest BCUT2D eigenvalue weighted by atomic mass is 10.2. The Morgan fingerprint density at radius 3 is 2.02 bits per heavy atom. The van der Waals surface area contributed by atoms with Crippen molar-refractivity contribution >= 4 is 53.0 Å². The van der Waals surface area contributed by atoms with Gasteiger partial charge in [0.1, 0.15) is 28.8 Å². The molecule has 1 unspecified atom stereocenters. The van der Waals surface area contributed by atoms with Crippen molar-refractivity contribution in [3.63, 3.8) is 0 Å². The average molecular weight is 791 g/mol. The van der Waals surface area contributed by atoms with Crippen LogP contribution in [0.1, 0.15) is 5.56 Å². The first-order valence-electron chi connectivity index (χ1n) is 16.1. The molecule has 1 atom stereocenters. The molecule has 1 amide bonds. The topological polar surface area (TPSA) is 187 Å². The van der Waals surface area contributed by atoms with E-state index in [9.17, 15) is 30.0 Å². The molecule has 1 aliphatic heterocycles. The van der Waals surface area contributed by atoms with E-state index < -0.39 is 41.9 Å². The molecule has 1 aliphatic rings. The smallest absolute Gasteiger partial charge is 0.273 e. The monoisotopic (exact) mass is 790 g/mol. The first kappa shape index (κ1) is 38.0. The Morgan fingerprint density at radius 2 is 1.39 bits per heavy atom. The molecule has 0 spiro atoms. The Kier molecular flexibility index (Phi) is 10.8. The number of hydrogen-bond acceptors (Lipinski definition) is 11. The molecule has 54 heavy (non-hydrogen) atoms. The number of ether oxygens (including phenoxy) is 3. The van der Waals surface area contributed by atoms with Gasteiger partial charge >= 0.3 is 0 Å². The van der Waals surface area contributed by atoms with Gasteiger partial charge in [-0.15, -0.1) is 0 Å². The number of para-hydroxylation sites is 1. The van der Waals surface area contributed by atoms with Gasteiger partial charge in [-0.05, 0) is 91.5 Å². The molecule has 0 aromatic heterocycles. The molecular weight excluding hydrogens is 757 g/mol. The van der Waals surface area contributed by atoms with Gasteiger partial charge in [0.2, 0.25) is 26.0 Å². The number of methoxy groups -OCH3 is 1. The zero-order valence-electron chi connectivity index (χ0n) is 29.0. The van der Waals surface area contributed by atoms with Crippen molar-refractivity contribution in [1.29, 1.82) is 0 Å². The highest BCUT2D eigenvalue weighted by atomic mass is 32.2. The first-order chi connectivity index (χ1) is 25.7. The summed E-state index contributed by atoms with van der Waals surface area (Å²) < 4.78 is 99.4. The minimum absolute atomic E-state index is 0.00964. The number of sulfonamides is 2. The molecule has 280 valence electrons. The number of carbonyl (C=O) groups is 1. The number of hydrogen-bond donors (Lipinski definition) is 2. The summed E-state index contributed by atoms with van der Waals surface area (Å²) in [5, 5.41) is 2.58.